The Labute approximate surface area is 167 Å². The molecule has 0 heterocycles. The van der Waals surface area contributed by atoms with E-state index in [1.165, 1.54) is 44.9 Å². The van der Waals surface area contributed by atoms with Gasteiger partial charge in [0.15, 0.2) is 0 Å². The number of hydrogen-bond acceptors (Lipinski definition) is 2. The minimum Gasteiger partial charge on any atom is -0.393 e. The molecule has 0 amide bonds. The van der Waals surface area contributed by atoms with Gasteiger partial charge in [-0.1, -0.05) is 27.7 Å². The molecule has 4 saturated carbocycles. The summed E-state index contributed by atoms with van der Waals surface area (Å²) in [6.07, 6.45) is 12.2. The fourth-order valence-electron chi connectivity index (χ4n) is 8.88. The van der Waals surface area contributed by atoms with Gasteiger partial charge in [-0.15, -0.1) is 0 Å². The summed E-state index contributed by atoms with van der Waals surface area (Å²) in [7, 11) is 0. The molecule has 4 rings (SSSR count). The lowest BCUT2D eigenvalue weighted by atomic mass is 9.43. The van der Waals surface area contributed by atoms with Gasteiger partial charge in [0.2, 0.25) is 0 Å². The highest BCUT2D eigenvalue weighted by Crippen LogP contribution is 2.68. The second-order valence-corrected chi connectivity index (χ2v) is 11.8. The maximum atomic E-state index is 10.9. The molecule has 4 aliphatic rings. The topological polar surface area (TPSA) is 40.5 Å². The Hall–Kier alpha value is -0.0800. The third-order valence-electron chi connectivity index (χ3n) is 10.9. The number of fused-ring (bicyclic) bond motifs is 5. The van der Waals surface area contributed by atoms with Crippen LogP contribution in [0.2, 0.25) is 0 Å². The molecular formula is C25H44O2. The summed E-state index contributed by atoms with van der Waals surface area (Å²) in [5.74, 6) is 4.49. The molecule has 0 spiro atoms. The molecule has 156 valence electrons. The van der Waals surface area contributed by atoms with Gasteiger partial charge in [-0.3, -0.25) is 0 Å². The Morgan fingerprint density at radius 2 is 1.59 bits per heavy atom. The minimum absolute atomic E-state index is 0.179. The zero-order valence-corrected chi connectivity index (χ0v) is 18.5. The predicted molar refractivity (Wildman–Crippen MR) is 111 cm³/mol. The average molecular weight is 377 g/mol. The van der Waals surface area contributed by atoms with Gasteiger partial charge in [-0.05, 0) is 117 Å². The third-order valence-corrected chi connectivity index (χ3v) is 10.9. The number of rotatable bonds is 3. The molecule has 0 aromatic rings. The maximum Gasteiger partial charge on any atom is 0.0648 e. The number of aliphatic hydroxyl groups excluding tert-OH is 1. The van der Waals surface area contributed by atoms with Crippen molar-refractivity contribution in [2.75, 3.05) is 0 Å². The van der Waals surface area contributed by atoms with E-state index >= 15 is 0 Å². The Morgan fingerprint density at radius 3 is 2.26 bits per heavy atom. The SMILES string of the molecule is CC[C@]1(O)CC[C@@]2(C)[C@@H](CC[C@@H]3[C@@H]2CC[C@]2(C)[C@@H]([C@H](C)C(C)O)CC[C@@H]32)C1. The smallest absolute Gasteiger partial charge is 0.0648 e. The summed E-state index contributed by atoms with van der Waals surface area (Å²) in [5.41, 5.74) is 0.518. The Morgan fingerprint density at radius 1 is 0.889 bits per heavy atom. The zero-order chi connectivity index (χ0) is 19.6. The first-order valence-electron chi connectivity index (χ1n) is 12.0. The van der Waals surface area contributed by atoms with Crippen molar-refractivity contribution in [1.29, 1.82) is 0 Å². The predicted octanol–water partition coefficient (Wildman–Crippen LogP) is 5.80. The van der Waals surface area contributed by atoms with E-state index in [0.717, 1.165) is 42.9 Å². The number of aliphatic hydroxyl groups is 2. The van der Waals surface area contributed by atoms with Crippen LogP contribution in [0, 0.1) is 46.3 Å². The lowest BCUT2D eigenvalue weighted by Crippen LogP contribution is -2.56. The van der Waals surface area contributed by atoms with Crippen molar-refractivity contribution in [3.05, 3.63) is 0 Å². The van der Waals surface area contributed by atoms with Gasteiger partial charge in [-0.25, -0.2) is 0 Å². The molecule has 0 aromatic carbocycles. The summed E-state index contributed by atoms with van der Waals surface area (Å²) in [5, 5.41) is 21.2. The van der Waals surface area contributed by atoms with Gasteiger partial charge < -0.3 is 10.2 Å². The quantitative estimate of drug-likeness (QED) is 0.653. The van der Waals surface area contributed by atoms with Crippen molar-refractivity contribution in [1.82, 2.24) is 0 Å². The van der Waals surface area contributed by atoms with Crippen LogP contribution >= 0.6 is 0 Å². The maximum absolute atomic E-state index is 10.9. The van der Waals surface area contributed by atoms with Gasteiger partial charge in [0.1, 0.15) is 0 Å². The molecule has 2 nitrogen and oxygen atoms in total. The monoisotopic (exact) mass is 376 g/mol. The lowest BCUT2D eigenvalue weighted by Gasteiger charge is -2.62. The summed E-state index contributed by atoms with van der Waals surface area (Å²) >= 11 is 0. The minimum atomic E-state index is -0.384. The van der Waals surface area contributed by atoms with Crippen LogP contribution in [0.15, 0.2) is 0 Å². The second kappa shape index (κ2) is 6.73. The molecule has 2 heteroatoms. The van der Waals surface area contributed by atoms with Crippen LogP contribution in [0.5, 0.6) is 0 Å². The van der Waals surface area contributed by atoms with Crippen LogP contribution in [-0.2, 0) is 0 Å². The fourth-order valence-corrected chi connectivity index (χ4v) is 8.88. The molecule has 0 radical (unpaired) electrons. The van der Waals surface area contributed by atoms with Crippen molar-refractivity contribution in [2.45, 2.75) is 111 Å². The molecule has 4 fully saturated rings. The van der Waals surface area contributed by atoms with Crippen LogP contribution < -0.4 is 0 Å². The van der Waals surface area contributed by atoms with Crippen molar-refractivity contribution in [3.63, 3.8) is 0 Å². The Kier molecular flexibility index (Phi) is 5.03. The summed E-state index contributed by atoms with van der Waals surface area (Å²) < 4.78 is 0. The first-order chi connectivity index (χ1) is 12.6. The molecule has 2 N–H and O–H groups in total. The van der Waals surface area contributed by atoms with Crippen molar-refractivity contribution in [3.8, 4) is 0 Å². The van der Waals surface area contributed by atoms with E-state index in [1.807, 2.05) is 6.92 Å². The van der Waals surface area contributed by atoms with E-state index in [4.69, 9.17) is 0 Å². The summed E-state index contributed by atoms with van der Waals surface area (Å²) in [6.45, 7) is 11.6. The van der Waals surface area contributed by atoms with E-state index in [0.29, 0.717) is 22.7 Å². The van der Waals surface area contributed by atoms with Crippen LogP contribution in [0.3, 0.4) is 0 Å². The first-order valence-corrected chi connectivity index (χ1v) is 12.0. The standard InChI is InChI=1S/C25H44O2/c1-6-25(27)14-13-23(4)18(15-25)7-8-19-21-10-9-20(16(2)17(3)26)24(21,5)12-11-22(19)23/h16-22,26-27H,6-15H2,1-5H3/t16-,17?,18+,19+,20-,21+,22+,23+,24-,25+/m1/s1. The van der Waals surface area contributed by atoms with Crippen molar-refractivity contribution >= 4 is 0 Å². The van der Waals surface area contributed by atoms with Crippen molar-refractivity contribution < 1.29 is 10.2 Å². The van der Waals surface area contributed by atoms with E-state index in [2.05, 4.69) is 27.7 Å². The normalized spacial score (nSPS) is 54.6. The Bertz CT molecular complexity index is 559. The third kappa shape index (κ3) is 2.95. The van der Waals surface area contributed by atoms with E-state index in [1.54, 1.807) is 0 Å². The molecule has 27 heavy (non-hydrogen) atoms. The van der Waals surface area contributed by atoms with Crippen LogP contribution in [-0.4, -0.2) is 21.9 Å². The summed E-state index contributed by atoms with van der Waals surface area (Å²) in [6, 6.07) is 0. The van der Waals surface area contributed by atoms with Gasteiger partial charge in [0, 0.05) is 0 Å². The van der Waals surface area contributed by atoms with Crippen LogP contribution in [0.1, 0.15) is 98.8 Å². The summed E-state index contributed by atoms with van der Waals surface area (Å²) in [4.78, 5) is 0. The highest BCUT2D eigenvalue weighted by molar-refractivity contribution is 5.11. The average Bonchev–Trinajstić information content (AvgIpc) is 2.99. The molecule has 0 bridgehead atoms. The molecule has 1 unspecified atom stereocenters. The molecule has 0 saturated heterocycles. The van der Waals surface area contributed by atoms with Crippen molar-refractivity contribution in [2.24, 2.45) is 46.3 Å². The number of hydrogen-bond donors (Lipinski definition) is 2. The fraction of sp³-hybridized carbons (Fsp3) is 1.00. The molecule has 0 aliphatic heterocycles. The molecule has 4 aliphatic carbocycles. The highest BCUT2D eigenvalue weighted by atomic mass is 16.3. The molecular weight excluding hydrogens is 332 g/mol. The van der Waals surface area contributed by atoms with Crippen LogP contribution in [0.4, 0.5) is 0 Å². The highest BCUT2D eigenvalue weighted by Gasteiger charge is 2.61. The largest absolute Gasteiger partial charge is 0.393 e. The van der Waals surface area contributed by atoms with Gasteiger partial charge in [0.25, 0.3) is 0 Å². The lowest BCUT2D eigenvalue weighted by molar-refractivity contribution is -0.154. The molecule has 10 atom stereocenters. The van der Waals surface area contributed by atoms with E-state index < -0.39 is 0 Å². The zero-order valence-electron chi connectivity index (χ0n) is 18.5. The van der Waals surface area contributed by atoms with Gasteiger partial charge in [-0.2, -0.15) is 0 Å². The van der Waals surface area contributed by atoms with Gasteiger partial charge in [0.05, 0.1) is 11.7 Å². The van der Waals surface area contributed by atoms with Gasteiger partial charge >= 0.3 is 0 Å². The molecule has 0 aromatic heterocycles. The van der Waals surface area contributed by atoms with Crippen LogP contribution in [0.25, 0.3) is 0 Å². The first kappa shape index (κ1) is 20.2. The Balaban J connectivity index is 1.56. The second-order valence-electron chi connectivity index (χ2n) is 11.8. The van der Waals surface area contributed by atoms with E-state index in [-0.39, 0.29) is 11.7 Å². The van der Waals surface area contributed by atoms with E-state index in [9.17, 15) is 10.2 Å².